The molecular weight excluding hydrogens is 711 g/mol. The molecule has 14 nitrogen and oxygen atoms in total. The molecule has 0 aliphatic carbocycles. The number of carbonyl (C=O) groups is 1. The standard InChI is InChI=1S/C34H45N7O7S2Si/c1-20-14-40(33(44)39-31(20)42)26-12-22(24(15-49)46-26)45-19-50-16-25-23(48-51(5,6)34(2,3)4)13-27(47-25)41-18-37-28-29(35-17-36-30(28)41)38-32(43)21-10-8-7-9-11-21/h7-11,14,17-18,22-27,49H,12-13,15-16,19H2,1-6H3,(H,39,42,44)(H,35,36,38,43)/t22-,23-,24+,25+,26+,27+/m0/s1. The van der Waals surface area contributed by atoms with E-state index in [0.29, 0.717) is 58.4 Å². The van der Waals surface area contributed by atoms with Gasteiger partial charge in [-0.3, -0.25) is 23.7 Å². The van der Waals surface area contributed by atoms with E-state index in [1.54, 1.807) is 49.3 Å². The van der Waals surface area contributed by atoms with Gasteiger partial charge in [0.05, 0.1) is 36.7 Å². The first-order valence-corrected chi connectivity index (χ1v) is 21.6. The van der Waals surface area contributed by atoms with Crippen LogP contribution in [-0.2, 0) is 18.6 Å². The Kier molecular flexibility index (Phi) is 11.3. The van der Waals surface area contributed by atoms with E-state index in [2.05, 4.69) is 71.7 Å². The molecule has 17 heteroatoms. The first kappa shape index (κ1) is 37.4. The van der Waals surface area contributed by atoms with Gasteiger partial charge in [-0.05, 0) is 37.2 Å². The van der Waals surface area contributed by atoms with E-state index >= 15 is 0 Å². The highest BCUT2D eigenvalue weighted by atomic mass is 32.2. The van der Waals surface area contributed by atoms with E-state index < -0.39 is 32.0 Å². The molecule has 2 aliphatic rings. The van der Waals surface area contributed by atoms with Gasteiger partial charge >= 0.3 is 5.69 Å². The number of thioether (sulfide) groups is 1. The summed E-state index contributed by atoms with van der Waals surface area (Å²) in [5.74, 6) is 1.43. The Hall–Kier alpha value is -3.32. The molecule has 1 aromatic carbocycles. The van der Waals surface area contributed by atoms with Crippen LogP contribution in [0.4, 0.5) is 5.82 Å². The number of aromatic nitrogens is 6. The van der Waals surface area contributed by atoms with E-state index in [-0.39, 0.29) is 35.4 Å². The maximum Gasteiger partial charge on any atom is 0.330 e. The number of H-pyrrole nitrogens is 1. The van der Waals surface area contributed by atoms with Gasteiger partial charge in [-0.2, -0.15) is 12.6 Å². The van der Waals surface area contributed by atoms with Crippen LogP contribution in [0.3, 0.4) is 0 Å². The van der Waals surface area contributed by atoms with E-state index in [1.165, 1.54) is 17.1 Å². The van der Waals surface area contributed by atoms with Crippen molar-refractivity contribution in [1.29, 1.82) is 0 Å². The number of amides is 1. The Morgan fingerprint density at radius 3 is 2.49 bits per heavy atom. The average Bonchev–Trinajstić information content (AvgIpc) is 3.81. The highest BCUT2D eigenvalue weighted by Gasteiger charge is 2.45. The fraction of sp³-hybridized carbons (Fsp3) is 0.529. The van der Waals surface area contributed by atoms with E-state index in [4.69, 9.17) is 18.6 Å². The molecule has 274 valence electrons. The number of ether oxygens (including phenoxy) is 3. The number of benzene rings is 1. The van der Waals surface area contributed by atoms with Gasteiger partial charge in [-0.25, -0.2) is 19.7 Å². The lowest BCUT2D eigenvalue weighted by Gasteiger charge is -2.39. The largest absolute Gasteiger partial charge is 0.411 e. The van der Waals surface area contributed by atoms with Gasteiger partial charge < -0.3 is 24.0 Å². The van der Waals surface area contributed by atoms with Crippen molar-refractivity contribution >= 4 is 55.6 Å². The summed E-state index contributed by atoms with van der Waals surface area (Å²) in [7, 11) is -2.17. The number of hydrogen-bond acceptors (Lipinski definition) is 12. The Labute approximate surface area is 306 Å². The first-order chi connectivity index (χ1) is 24.3. The number of imidazole rings is 1. The van der Waals surface area contributed by atoms with E-state index in [9.17, 15) is 14.4 Å². The molecule has 0 spiro atoms. The van der Waals surface area contributed by atoms with Crippen LogP contribution in [-0.4, -0.2) is 85.2 Å². The molecule has 1 amide bonds. The van der Waals surface area contributed by atoms with Crippen molar-refractivity contribution in [3.8, 4) is 0 Å². The van der Waals surface area contributed by atoms with Gasteiger partial charge in [0.1, 0.15) is 18.8 Å². The Morgan fingerprint density at radius 2 is 1.76 bits per heavy atom. The quantitative estimate of drug-likeness (QED) is 0.0779. The molecule has 2 saturated heterocycles. The van der Waals surface area contributed by atoms with Crippen LogP contribution in [0.15, 0.2) is 58.8 Å². The Morgan fingerprint density at radius 1 is 1.06 bits per heavy atom. The SMILES string of the molecule is Cc1cn([C@H]2C[C@H](OCSC[C@H]3O[C@@H](n4cnc5c(NC(=O)c6ccccc6)ncnc54)C[C@@H]3O[Si](C)(C)C(C)(C)C)[C@@H](CS)O2)c(=O)[nH]c1=O. The molecule has 0 radical (unpaired) electrons. The molecule has 3 aromatic heterocycles. The summed E-state index contributed by atoms with van der Waals surface area (Å²) in [6.45, 7) is 12.8. The van der Waals surface area contributed by atoms with Crippen molar-refractivity contribution in [2.45, 2.75) is 95.5 Å². The fourth-order valence-corrected chi connectivity index (χ4v) is 8.51. The molecule has 5 heterocycles. The third-order valence-corrected chi connectivity index (χ3v) is 15.6. The van der Waals surface area contributed by atoms with Crippen molar-refractivity contribution in [2.75, 3.05) is 22.8 Å². The number of hydrogen-bond donors (Lipinski definition) is 3. The fourth-order valence-electron chi connectivity index (χ4n) is 5.93. The van der Waals surface area contributed by atoms with Gasteiger partial charge in [0.2, 0.25) is 0 Å². The highest BCUT2D eigenvalue weighted by Crippen LogP contribution is 2.42. The Bertz CT molecular complexity index is 1970. The number of anilines is 1. The zero-order valence-corrected chi connectivity index (χ0v) is 32.3. The molecular formula is C34H45N7O7S2Si. The van der Waals surface area contributed by atoms with Gasteiger partial charge in [0.15, 0.2) is 25.3 Å². The van der Waals surface area contributed by atoms with Crippen LogP contribution < -0.4 is 16.6 Å². The summed E-state index contributed by atoms with van der Waals surface area (Å²) in [6.07, 6.45) is 3.64. The van der Waals surface area contributed by atoms with E-state index in [1.807, 2.05) is 10.6 Å². The van der Waals surface area contributed by atoms with Crippen molar-refractivity contribution < 1.29 is 23.4 Å². The van der Waals surface area contributed by atoms with Crippen molar-refractivity contribution in [1.82, 2.24) is 29.1 Å². The zero-order valence-electron chi connectivity index (χ0n) is 29.6. The number of aromatic amines is 1. The van der Waals surface area contributed by atoms with Gasteiger partial charge in [-0.15, -0.1) is 11.8 Å². The maximum atomic E-state index is 12.9. The second-order valence-electron chi connectivity index (χ2n) is 14.4. The van der Waals surface area contributed by atoms with Crippen LogP contribution in [0.5, 0.6) is 0 Å². The van der Waals surface area contributed by atoms with Crippen molar-refractivity contribution in [2.24, 2.45) is 0 Å². The molecule has 4 aromatic rings. The third kappa shape index (κ3) is 8.19. The monoisotopic (exact) mass is 755 g/mol. The number of aryl methyl sites for hydroxylation is 1. The normalized spacial score (nSPS) is 24.0. The number of rotatable bonds is 12. The van der Waals surface area contributed by atoms with Crippen LogP contribution in [0, 0.1) is 6.92 Å². The number of nitrogens with one attached hydrogen (secondary N) is 2. The van der Waals surface area contributed by atoms with Gasteiger partial charge in [0.25, 0.3) is 11.5 Å². The molecule has 51 heavy (non-hydrogen) atoms. The average molecular weight is 756 g/mol. The lowest BCUT2D eigenvalue weighted by Crippen LogP contribution is -2.46. The predicted octanol–water partition coefficient (Wildman–Crippen LogP) is 4.91. The summed E-state index contributed by atoms with van der Waals surface area (Å²) in [4.78, 5) is 53.0. The minimum Gasteiger partial charge on any atom is -0.411 e. The van der Waals surface area contributed by atoms with Crippen LogP contribution >= 0.6 is 24.4 Å². The summed E-state index contributed by atoms with van der Waals surface area (Å²) < 4.78 is 29.3. The minimum absolute atomic E-state index is 0.000153. The van der Waals surface area contributed by atoms with E-state index in [0.717, 1.165) is 0 Å². The molecule has 0 unspecified atom stereocenters. The summed E-state index contributed by atoms with van der Waals surface area (Å²) in [5, 5.41) is 2.87. The lowest BCUT2D eigenvalue weighted by molar-refractivity contribution is -0.0186. The number of thiol groups is 1. The number of fused-ring (bicyclic) bond motifs is 1. The van der Waals surface area contributed by atoms with Crippen LogP contribution in [0.1, 0.15) is 62.0 Å². The molecule has 6 rings (SSSR count). The first-order valence-electron chi connectivity index (χ1n) is 16.9. The zero-order chi connectivity index (χ0) is 36.5. The van der Waals surface area contributed by atoms with Crippen molar-refractivity contribution in [3.63, 3.8) is 0 Å². The molecule has 2 fully saturated rings. The van der Waals surface area contributed by atoms with Crippen molar-refractivity contribution in [3.05, 3.63) is 81.1 Å². The molecule has 0 bridgehead atoms. The minimum atomic E-state index is -2.17. The number of carbonyl (C=O) groups excluding carboxylic acids is 1. The molecule has 2 aliphatic heterocycles. The summed E-state index contributed by atoms with van der Waals surface area (Å²) in [6, 6.07) is 8.93. The lowest BCUT2D eigenvalue weighted by atomic mass is 10.2. The second kappa shape index (κ2) is 15.3. The summed E-state index contributed by atoms with van der Waals surface area (Å²) in [5.41, 5.74) is 1.02. The predicted molar refractivity (Wildman–Crippen MR) is 201 cm³/mol. The molecule has 2 N–H and O–H groups in total. The molecule has 6 atom stereocenters. The Balaban J connectivity index is 1.14. The number of nitrogens with zero attached hydrogens (tertiary/aromatic N) is 5. The summed E-state index contributed by atoms with van der Waals surface area (Å²) >= 11 is 6.05. The maximum absolute atomic E-state index is 12.9. The van der Waals surface area contributed by atoms with Gasteiger partial charge in [-0.1, -0.05) is 39.0 Å². The third-order valence-electron chi connectivity index (χ3n) is 9.83. The smallest absolute Gasteiger partial charge is 0.330 e. The second-order valence-corrected chi connectivity index (χ2v) is 20.5. The topological polar surface area (TPSA) is 164 Å². The highest BCUT2D eigenvalue weighted by molar-refractivity contribution is 7.99. The van der Waals surface area contributed by atoms with Crippen LogP contribution in [0.25, 0.3) is 11.2 Å². The van der Waals surface area contributed by atoms with Crippen LogP contribution in [0.2, 0.25) is 18.1 Å². The van der Waals surface area contributed by atoms with Gasteiger partial charge in [0, 0.05) is 41.7 Å². The molecule has 0 saturated carbocycles.